The molecule has 3 saturated heterocycles. The first-order valence-electron chi connectivity index (χ1n) is 18.4. The summed E-state index contributed by atoms with van der Waals surface area (Å²) in [6, 6.07) is 14.9. The third kappa shape index (κ3) is 9.22. The smallest absolute Gasteiger partial charge is 0.387 e. The van der Waals surface area contributed by atoms with E-state index in [4.69, 9.17) is 42.1 Å². The fourth-order valence-electron chi connectivity index (χ4n) is 7.52. The van der Waals surface area contributed by atoms with Crippen LogP contribution < -0.4 is 29.4 Å². The summed E-state index contributed by atoms with van der Waals surface area (Å²) in [5.41, 5.74) is 1.85. The van der Waals surface area contributed by atoms with Crippen molar-refractivity contribution in [3.63, 3.8) is 0 Å². The van der Waals surface area contributed by atoms with Crippen molar-refractivity contribution < 1.29 is 52.4 Å². The van der Waals surface area contributed by atoms with E-state index >= 15 is 0 Å². The molecular weight excluding hydrogens is 771 g/mol. The number of methoxy groups -OCH3 is 1. The van der Waals surface area contributed by atoms with Gasteiger partial charge in [0.1, 0.15) is 21.9 Å². The van der Waals surface area contributed by atoms with Gasteiger partial charge in [0, 0.05) is 34.0 Å². The molecule has 1 unspecified atom stereocenters. The van der Waals surface area contributed by atoms with Gasteiger partial charge in [-0.05, 0) is 110 Å². The maximum absolute atomic E-state index is 14.1. The second-order valence-corrected chi connectivity index (χ2v) is 15.3. The Labute approximate surface area is 332 Å². The summed E-state index contributed by atoms with van der Waals surface area (Å²) < 4.78 is 49.9. The standard InChI is InChI=1S/C41H41Cl2F2N3O8/c1-53-28-8-4-25(5-9-28)38(40(51)55-37-21-47-14-12-24(37)13-15-47)46-27-7-10-29(39(49)50)31(17-27)30(18-32-33(42)19-48(52)20-34(32)43)26-6-11-35(56-41(44)45)36(16-26)54-22-23-2-3-23/h4-11,16-17,19-20,23-24,30,37-38,41,46H,2-3,12-15,18,21-22H2,1H3,(H-,49,50,52)/t30-,37-,38?/m0/s1. The number of fused-ring (bicyclic) bond motifs is 3. The summed E-state index contributed by atoms with van der Waals surface area (Å²) in [7, 11) is 1.54. The molecule has 1 saturated carbocycles. The predicted octanol–water partition coefficient (Wildman–Crippen LogP) is 6.45. The van der Waals surface area contributed by atoms with Crippen LogP contribution in [0.1, 0.15) is 70.3 Å². The van der Waals surface area contributed by atoms with Crippen LogP contribution in [-0.4, -0.2) is 68.1 Å². The lowest BCUT2D eigenvalue weighted by Crippen LogP contribution is -2.52. The van der Waals surface area contributed by atoms with Crippen LogP contribution in [0, 0.1) is 11.8 Å². The van der Waals surface area contributed by atoms with Crippen molar-refractivity contribution >= 4 is 40.8 Å². The Hall–Kier alpha value is -4.85. The van der Waals surface area contributed by atoms with Gasteiger partial charge >= 0.3 is 12.6 Å². The maximum atomic E-state index is 14.1. The number of anilines is 1. The number of hydrogen-bond donors (Lipinski definition) is 2. The van der Waals surface area contributed by atoms with E-state index < -0.39 is 30.5 Å². The topological polar surface area (TPSA) is 134 Å². The van der Waals surface area contributed by atoms with Crippen molar-refractivity contribution in [3.8, 4) is 17.2 Å². The highest BCUT2D eigenvalue weighted by Crippen LogP contribution is 2.41. The van der Waals surface area contributed by atoms with Crippen LogP contribution in [0.15, 0.2) is 73.1 Å². The minimum Gasteiger partial charge on any atom is -0.545 e. The highest BCUT2D eigenvalue weighted by Gasteiger charge is 2.38. The Morgan fingerprint density at radius 3 is 2.27 bits per heavy atom. The highest BCUT2D eigenvalue weighted by atomic mass is 35.5. The van der Waals surface area contributed by atoms with E-state index in [1.54, 1.807) is 37.4 Å². The van der Waals surface area contributed by atoms with Crippen LogP contribution in [0.4, 0.5) is 14.5 Å². The number of carbonyl (C=O) groups is 2. The molecule has 56 heavy (non-hydrogen) atoms. The molecule has 3 atom stereocenters. The molecule has 296 valence electrons. The average Bonchev–Trinajstić information content (AvgIpc) is 4.01. The van der Waals surface area contributed by atoms with E-state index in [0.29, 0.717) is 39.4 Å². The van der Waals surface area contributed by atoms with E-state index in [0.717, 1.165) is 38.8 Å². The van der Waals surface area contributed by atoms with Crippen LogP contribution in [0.3, 0.4) is 0 Å². The number of nitrogens with one attached hydrogen (secondary N) is 1. The third-order valence-corrected chi connectivity index (χ3v) is 11.4. The SMILES string of the molecule is COc1ccc(C(Nc2ccc(C(=O)[O-])c([C@@H](Cc3c(Cl)c[n+](O)cc3Cl)c3ccc(OC(F)F)c(OCC4CC4)c3)c2)C(=O)O[C@H]2CN3CCC2CC3)cc1. The van der Waals surface area contributed by atoms with Crippen LogP contribution in [0.5, 0.6) is 17.2 Å². The number of alkyl halides is 2. The van der Waals surface area contributed by atoms with Gasteiger partial charge in [0.05, 0.1) is 19.7 Å². The van der Waals surface area contributed by atoms with Gasteiger partial charge in [0.15, 0.2) is 17.5 Å². The molecule has 0 amide bonds. The van der Waals surface area contributed by atoms with Crippen molar-refractivity contribution in [2.75, 3.05) is 38.7 Å². The summed E-state index contributed by atoms with van der Waals surface area (Å²) in [6.45, 7) is -0.221. The van der Waals surface area contributed by atoms with Crippen LogP contribution in [-0.2, 0) is 16.0 Å². The van der Waals surface area contributed by atoms with Gasteiger partial charge in [-0.2, -0.15) is 8.78 Å². The quantitative estimate of drug-likeness (QED) is 0.0740. The number of carbonyl (C=O) groups excluding carboxylic acids is 2. The largest absolute Gasteiger partial charge is 0.545 e. The lowest BCUT2D eigenvalue weighted by Gasteiger charge is -2.44. The molecule has 1 aliphatic carbocycles. The lowest BCUT2D eigenvalue weighted by atomic mass is 9.83. The number of carboxylic acid groups (broad SMARTS) is 1. The number of halogens is 4. The number of nitrogens with zero attached hydrogens (tertiary/aromatic N) is 2. The van der Waals surface area contributed by atoms with Gasteiger partial charge in [-0.25, -0.2) is 4.79 Å². The highest BCUT2D eigenvalue weighted by molar-refractivity contribution is 6.35. The Balaban J connectivity index is 1.30. The van der Waals surface area contributed by atoms with Gasteiger partial charge < -0.3 is 34.2 Å². The van der Waals surface area contributed by atoms with E-state index in [9.17, 15) is 28.7 Å². The zero-order chi connectivity index (χ0) is 39.5. The zero-order valence-electron chi connectivity index (χ0n) is 30.5. The number of aromatic carboxylic acids is 1. The number of aromatic nitrogens is 1. The van der Waals surface area contributed by atoms with Crippen molar-refractivity contribution in [3.05, 3.63) is 111 Å². The van der Waals surface area contributed by atoms with Crippen LogP contribution >= 0.6 is 23.2 Å². The number of piperidine rings is 3. The molecule has 2 N–H and O–H groups in total. The van der Waals surface area contributed by atoms with Crippen molar-refractivity contribution in [2.24, 2.45) is 11.8 Å². The maximum Gasteiger partial charge on any atom is 0.387 e. The first kappa shape index (κ1) is 39.4. The molecule has 3 aromatic carbocycles. The molecule has 8 rings (SSSR count). The van der Waals surface area contributed by atoms with Crippen LogP contribution in [0.2, 0.25) is 10.0 Å². The summed E-state index contributed by atoms with van der Waals surface area (Å²) >= 11 is 13.2. The Morgan fingerprint density at radius 1 is 0.964 bits per heavy atom. The molecule has 15 heteroatoms. The average molecular weight is 813 g/mol. The summed E-state index contributed by atoms with van der Waals surface area (Å²) in [5, 5.41) is 26.3. The van der Waals surface area contributed by atoms with Crippen molar-refractivity contribution in [1.29, 1.82) is 0 Å². The van der Waals surface area contributed by atoms with Gasteiger partial charge in [0.2, 0.25) is 12.4 Å². The third-order valence-electron chi connectivity index (χ3n) is 10.7. The van der Waals surface area contributed by atoms with Gasteiger partial charge in [-0.15, -0.1) is 0 Å². The normalized spacial score (nSPS) is 19.9. The minimum atomic E-state index is -3.12. The Kier molecular flexibility index (Phi) is 12.0. The molecule has 0 radical (unpaired) electrons. The number of ether oxygens (including phenoxy) is 4. The molecule has 4 heterocycles. The van der Waals surface area contributed by atoms with Gasteiger partial charge in [-0.3, -0.25) is 10.1 Å². The van der Waals surface area contributed by atoms with E-state index in [1.807, 2.05) is 0 Å². The Bertz CT molecular complexity index is 2040. The van der Waals surface area contributed by atoms with Crippen LogP contribution in [0.25, 0.3) is 0 Å². The molecule has 1 aromatic heterocycles. The molecule has 0 spiro atoms. The molecule has 11 nitrogen and oxygen atoms in total. The second kappa shape index (κ2) is 17.1. The van der Waals surface area contributed by atoms with Crippen molar-refractivity contribution in [2.45, 2.75) is 56.8 Å². The first-order chi connectivity index (χ1) is 26.9. The molecule has 2 bridgehead atoms. The number of rotatable bonds is 16. The molecule has 4 fully saturated rings. The number of esters is 1. The minimum absolute atomic E-state index is 0.0110. The molecule has 3 aliphatic heterocycles. The monoisotopic (exact) mass is 811 g/mol. The molecule has 4 aromatic rings. The predicted molar refractivity (Wildman–Crippen MR) is 200 cm³/mol. The van der Waals surface area contributed by atoms with E-state index in [1.165, 1.54) is 42.7 Å². The first-order valence-corrected chi connectivity index (χ1v) is 19.2. The zero-order valence-corrected chi connectivity index (χ0v) is 32.0. The van der Waals surface area contributed by atoms with E-state index in [-0.39, 0.29) is 63.6 Å². The summed E-state index contributed by atoms with van der Waals surface area (Å²) in [4.78, 5) is 29.2. The Morgan fingerprint density at radius 2 is 1.66 bits per heavy atom. The van der Waals surface area contributed by atoms with Gasteiger partial charge in [0.25, 0.3) is 0 Å². The lowest BCUT2D eigenvalue weighted by molar-refractivity contribution is -0.904. The van der Waals surface area contributed by atoms with Gasteiger partial charge in [-0.1, -0.05) is 47.5 Å². The second-order valence-electron chi connectivity index (χ2n) is 14.5. The number of hydrogen-bond acceptors (Lipinski definition) is 10. The van der Waals surface area contributed by atoms with Crippen molar-refractivity contribution in [1.82, 2.24) is 4.90 Å². The number of pyridine rings is 1. The fourth-order valence-corrected chi connectivity index (χ4v) is 8.12. The molecular formula is C41H41Cl2F2N3O8. The number of carboxylic acids is 1. The molecule has 4 aliphatic rings. The summed E-state index contributed by atoms with van der Waals surface area (Å²) in [5.74, 6) is -1.83. The summed E-state index contributed by atoms with van der Waals surface area (Å²) in [6.07, 6.45) is 5.99. The fraction of sp³-hybridized carbons (Fsp3) is 0.390. The van der Waals surface area contributed by atoms with E-state index in [2.05, 4.69) is 10.2 Å². The number of benzene rings is 3.